The van der Waals surface area contributed by atoms with Crippen LogP contribution in [0, 0.1) is 6.92 Å². The standard InChI is InChI=1S/C12H17N3O/c1-9-13-8-7-11(14-9)12(16)15-10-5-3-2-4-6-10/h7-8,10H,2-6H2,1H3,(H,15,16). The summed E-state index contributed by atoms with van der Waals surface area (Å²) in [6, 6.07) is 1.99. The van der Waals surface area contributed by atoms with Gasteiger partial charge in [0.05, 0.1) is 0 Å². The van der Waals surface area contributed by atoms with Crippen LogP contribution in [0.4, 0.5) is 0 Å². The zero-order chi connectivity index (χ0) is 11.4. The predicted molar refractivity (Wildman–Crippen MR) is 61.1 cm³/mol. The van der Waals surface area contributed by atoms with Crippen molar-refractivity contribution in [2.75, 3.05) is 0 Å². The van der Waals surface area contributed by atoms with E-state index in [0.717, 1.165) is 12.8 Å². The number of aryl methyl sites for hydroxylation is 1. The molecule has 0 bridgehead atoms. The Bertz CT molecular complexity index is 372. The fraction of sp³-hybridized carbons (Fsp3) is 0.583. The highest BCUT2D eigenvalue weighted by molar-refractivity contribution is 5.92. The van der Waals surface area contributed by atoms with E-state index in [4.69, 9.17) is 0 Å². The molecule has 4 heteroatoms. The molecule has 1 aromatic rings. The van der Waals surface area contributed by atoms with Gasteiger partial charge in [-0.1, -0.05) is 19.3 Å². The Morgan fingerprint density at radius 3 is 2.81 bits per heavy atom. The van der Waals surface area contributed by atoms with Crippen molar-refractivity contribution in [3.63, 3.8) is 0 Å². The van der Waals surface area contributed by atoms with Crippen molar-refractivity contribution in [1.82, 2.24) is 15.3 Å². The fourth-order valence-electron chi connectivity index (χ4n) is 2.09. The third kappa shape index (κ3) is 2.78. The SMILES string of the molecule is Cc1nccc(C(=O)NC2CCCCC2)n1. The van der Waals surface area contributed by atoms with Crippen molar-refractivity contribution in [2.24, 2.45) is 0 Å². The van der Waals surface area contributed by atoms with E-state index in [0.29, 0.717) is 17.6 Å². The molecule has 0 aliphatic heterocycles. The molecule has 1 aliphatic carbocycles. The van der Waals surface area contributed by atoms with Crippen molar-refractivity contribution in [2.45, 2.75) is 45.1 Å². The largest absolute Gasteiger partial charge is 0.348 e. The van der Waals surface area contributed by atoms with Gasteiger partial charge in [-0.3, -0.25) is 4.79 Å². The molecule has 0 saturated heterocycles. The Hall–Kier alpha value is -1.45. The molecule has 16 heavy (non-hydrogen) atoms. The molecular formula is C12H17N3O. The Balaban J connectivity index is 1.97. The molecule has 0 unspecified atom stereocenters. The molecule has 1 heterocycles. The zero-order valence-electron chi connectivity index (χ0n) is 9.57. The highest BCUT2D eigenvalue weighted by Gasteiger charge is 2.17. The number of nitrogens with one attached hydrogen (secondary N) is 1. The monoisotopic (exact) mass is 219 g/mol. The van der Waals surface area contributed by atoms with Crippen molar-refractivity contribution in [1.29, 1.82) is 0 Å². The quantitative estimate of drug-likeness (QED) is 0.825. The molecule has 1 aromatic heterocycles. The van der Waals surface area contributed by atoms with Gasteiger partial charge in [-0.25, -0.2) is 9.97 Å². The average molecular weight is 219 g/mol. The maximum absolute atomic E-state index is 11.9. The number of aromatic nitrogens is 2. The van der Waals surface area contributed by atoms with Crippen molar-refractivity contribution < 1.29 is 4.79 Å². The molecule has 1 fully saturated rings. The molecule has 1 amide bonds. The summed E-state index contributed by atoms with van der Waals surface area (Å²) in [5, 5.41) is 3.03. The van der Waals surface area contributed by atoms with Crippen LogP contribution >= 0.6 is 0 Å². The van der Waals surface area contributed by atoms with E-state index >= 15 is 0 Å². The number of amides is 1. The molecule has 86 valence electrons. The summed E-state index contributed by atoms with van der Waals surface area (Å²) >= 11 is 0. The van der Waals surface area contributed by atoms with Gasteiger partial charge in [0.1, 0.15) is 11.5 Å². The first kappa shape index (κ1) is 11.0. The second-order valence-electron chi connectivity index (χ2n) is 4.30. The summed E-state index contributed by atoms with van der Waals surface area (Å²) in [7, 11) is 0. The van der Waals surface area contributed by atoms with E-state index in [1.165, 1.54) is 19.3 Å². The van der Waals surface area contributed by atoms with Gasteiger partial charge in [-0.05, 0) is 25.8 Å². The maximum Gasteiger partial charge on any atom is 0.270 e. The highest BCUT2D eigenvalue weighted by atomic mass is 16.1. The first-order chi connectivity index (χ1) is 7.75. The van der Waals surface area contributed by atoms with Crippen LogP contribution in [-0.2, 0) is 0 Å². The first-order valence-electron chi connectivity index (χ1n) is 5.86. The normalized spacial score (nSPS) is 17.1. The summed E-state index contributed by atoms with van der Waals surface area (Å²) in [5.41, 5.74) is 0.470. The van der Waals surface area contributed by atoms with Crippen LogP contribution in [0.1, 0.15) is 48.4 Å². The summed E-state index contributed by atoms with van der Waals surface area (Å²) in [6.45, 7) is 1.79. The second kappa shape index (κ2) is 5.05. The summed E-state index contributed by atoms with van der Waals surface area (Å²) in [6.07, 6.45) is 7.53. The Morgan fingerprint density at radius 1 is 1.38 bits per heavy atom. The van der Waals surface area contributed by atoms with Crippen molar-refractivity contribution >= 4 is 5.91 Å². The van der Waals surface area contributed by atoms with Crippen LogP contribution in [0.25, 0.3) is 0 Å². The van der Waals surface area contributed by atoms with Crippen LogP contribution < -0.4 is 5.32 Å². The van der Waals surface area contributed by atoms with Crippen LogP contribution in [0.3, 0.4) is 0 Å². The van der Waals surface area contributed by atoms with Crippen LogP contribution in [0.15, 0.2) is 12.3 Å². The molecule has 2 rings (SSSR count). The minimum Gasteiger partial charge on any atom is -0.348 e. The number of carbonyl (C=O) groups excluding carboxylic acids is 1. The number of hydrogen-bond donors (Lipinski definition) is 1. The van der Waals surface area contributed by atoms with Crippen LogP contribution in [-0.4, -0.2) is 21.9 Å². The lowest BCUT2D eigenvalue weighted by Crippen LogP contribution is -2.36. The zero-order valence-corrected chi connectivity index (χ0v) is 9.57. The van der Waals surface area contributed by atoms with Gasteiger partial charge in [0, 0.05) is 12.2 Å². The number of rotatable bonds is 2. The summed E-state index contributed by atoms with van der Waals surface area (Å²) in [4.78, 5) is 20.0. The molecule has 1 saturated carbocycles. The van der Waals surface area contributed by atoms with Gasteiger partial charge in [-0.2, -0.15) is 0 Å². The van der Waals surface area contributed by atoms with Crippen molar-refractivity contribution in [3.05, 3.63) is 23.8 Å². The molecule has 0 radical (unpaired) electrons. The molecular weight excluding hydrogens is 202 g/mol. The smallest absolute Gasteiger partial charge is 0.270 e. The Morgan fingerprint density at radius 2 is 2.12 bits per heavy atom. The minimum absolute atomic E-state index is 0.0719. The molecule has 0 aromatic carbocycles. The topological polar surface area (TPSA) is 54.9 Å². The minimum atomic E-state index is -0.0719. The van der Waals surface area contributed by atoms with Gasteiger partial charge in [0.15, 0.2) is 0 Å². The van der Waals surface area contributed by atoms with Crippen LogP contribution in [0.2, 0.25) is 0 Å². The van der Waals surface area contributed by atoms with E-state index in [1.807, 2.05) is 0 Å². The van der Waals surface area contributed by atoms with Gasteiger partial charge in [0.25, 0.3) is 5.91 Å². The molecule has 0 spiro atoms. The number of hydrogen-bond acceptors (Lipinski definition) is 3. The maximum atomic E-state index is 11.9. The van der Waals surface area contributed by atoms with Gasteiger partial charge in [0.2, 0.25) is 0 Å². The molecule has 4 nitrogen and oxygen atoms in total. The number of carbonyl (C=O) groups is 1. The third-order valence-electron chi connectivity index (χ3n) is 2.95. The highest BCUT2D eigenvalue weighted by Crippen LogP contribution is 2.17. The van der Waals surface area contributed by atoms with E-state index < -0.39 is 0 Å². The van der Waals surface area contributed by atoms with Gasteiger partial charge >= 0.3 is 0 Å². The molecule has 0 atom stereocenters. The van der Waals surface area contributed by atoms with E-state index in [-0.39, 0.29) is 5.91 Å². The van der Waals surface area contributed by atoms with E-state index in [2.05, 4.69) is 15.3 Å². The predicted octanol–water partition coefficient (Wildman–Crippen LogP) is 1.85. The van der Waals surface area contributed by atoms with Crippen molar-refractivity contribution in [3.8, 4) is 0 Å². The first-order valence-corrected chi connectivity index (χ1v) is 5.86. The summed E-state index contributed by atoms with van der Waals surface area (Å²) in [5.74, 6) is 0.564. The van der Waals surface area contributed by atoms with Crippen LogP contribution in [0.5, 0.6) is 0 Å². The lowest BCUT2D eigenvalue weighted by Gasteiger charge is -2.22. The summed E-state index contributed by atoms with van der Waals surface area (Å²) < 4.78 is 0. The lowest BCUT2D eigenvalue weighted by atomic mass is 9.95. The third-order valence-corrected chi connectivity index (χ3v) is 2.95. The van der Waals surface area contributed by atoms with E-state index in [1.54, 1.807) is 19.2 Å². The van der Waals surface area contributed by atoms with E-state index in [9.17, 15) is 4.79 Å². The van der Waals surface area contributed by atoms with Gasteiger partial charge < -0.3 is 5.32 Å². The Labute approximate surface area is 95.5 Å². The fourth-order valence-corrected chi connectivity index (χ4v) is 2.09. The Kier molecular flexibility index (Phi) is 3.49. The molecule has 1 aliphatic rings. The number of nitrogens with zero attached hydrogens (tertiary/aromatic N) is 2. The second-order valence-corrected chi connectivity index (χ2v) is 4.30. The van der Waals surface area contributed by atoms with Gasteiger partial charge in [-0.15, -0.1) is 0 Å². The average Bonchev–Trinajstić information content (AvgIpc) is 2.30. The molecule has 1 N–H and O–H groups in total. The lowest BCUT2D eigenvalue weighted by molar-refractivity contribution is 0.0922.